The van der Waals surface area contributed by atoms with Crippen LogP contribution in [0.4, 0.5) is 0 Å². The van der Waals surface area contributed by atoms with E-state index in [1.807, 2.05) is 10.6 Å². The smallest absolute Gasteiger partial charge is 0.326 e. The number of allylic oxidation sites excluding steroid dienone is 2. The van der Waals surface area contributed by atoms with Gasteiger partial charge in [-0.15, -0.1) is 0 Å². The first-order valence-electron chi connectivity index (χ1n) is 34.3. The second kappa shape index (κ2) is 41.8. The van der Waals surface area contributed by atoms with Crippen LogP contribution < -0.4 is 75.3 Å². The van der Waals surface area contributed by atoms with Crippen LogP contribution in [0.1, 0.15) is 74.8 Å². The molecule has 0 saturated carbocycles. The van der Waals surface area contributed by atoms with E-state index in [-0.39, 0.29) is 12.1 Å². The van der Waals surface area contributed by atoms with Crippen molar-refractivity contribution in [2.75, 3.05) is 19.8 Å². The summed E-state index contributed by atoms with van der Waals surface area (Å²) in [7, 11) is 0. The molecular formula is C70H89BrN16O23. The summed E-state index contributed by atoms with van der Waals surface area (Å²) >= 11 is 3.28. The number of benzene rings is 3. The number of hydrogen-bond acceptors (Lipinski definition) is 23. The Labute approximate surface area is 636 Å². The standard InChI is InChI=1S/C70H89BrN16O23/c1-33(14-15-36-10-6-4-7-11-36)20-50(92)42-26-54(96)77-48(30-88)64(103)82-47-29-87-28-40(75-32-87)22-44(61(100)85-56(35(3)90)68(107)83-49(31-89)65(104)79-43(60(99)78-42)21-37-12-8-5-9-13-37)76-53(95)24-41(91)23-46(70(109)110)81-66(105)51(93)27-74-67(106)55(34(2)38-16-18-39(71)19-17-38)84-69(108)57(58(97)59(73)98)86-62(101)45(25-52(72)94)80-63(47)102/h4-20,28,32,34-35,41-51,55-58,88-93,97H,21-27,29-31H2,1-3H3,(H2,72,94)(H2,73,98)(H,74,106)(H,76,95)(H,77,96)(H,78,99)(H,79,104)(H,80,102)(H,81,105)(H,82,103)(H,83,107)(H,84,108)(H,85,100)(H,86,101)(H,109,110)/b15-14?,33-20+/t34-,35-,41+,42-,43-,44-,45-,46-,47+,48-,49-,50-,51-,55-,56-,57-,58+/m0/s1. The summed E-state index contributed by atoms with van der Waals surface area (Å²) in [5.74, 6) is -22.3. The summed E-state index contributed by atoms with van der Waals surface area (Å²) in [6.07, 6.45) is -9.55. The molecule has 14 amide bonds. The zero-order valence-electron chi connectivity index (χ0n) is 59.5. The van der Waals surface area contributed by atoms with Crippen molar-refractivity contribution in [2.24, 2.45) is 11.5 Å². The highest BCUT2D eigenvalue weighted by atomic mass is 79.9. The van der Waals surface area contributed by atoms with Crippen LogP contribution in [0.5, 0.6) is 0 Å². The molecule has 39 nitrogen and oxygen atoms in total. The number of hydrogen-bond donors (Lipinski definition) is 22. The maximum absolute atomic E-state index is 14.9. The molecule has 40 heteroatoms. The van der Waals surface area contributed by atoms with Gasteiger partial charge in [0.25, 0.3) is 5.91 Å². The van der Waals surface area contributed by atoms with Crippen molar-refractivity contribution in [1.29, 1.82) is 0 Å². The molecule has 4 bridgehead atoms. The molecule has 0 saturated heterocycles. The number of carbonyl (C=O) groups excluding carboxylic acids is 14. The van der Waals surface area contributed by atoms with E-state index in [0.717, 1.165) is 29.6 Å². The van der Waals surface area contributed by atoms with Crippen LogP contribution in [0.2, 0.25) is 0 Å². The minimum Gasteiger partial charge on any atom is -0.480 e. The number of halogens is 1. The Kier molecular flexibility index (Phi) is 33.3. The average Bonchev–Trinajstić information content (AvgIpc) is 0.883. The third kappa shape index (κ3) is 26.8. The van der Waals surface area contributed by atoms with Gasteiger partial charge in [-0.1, -0.05) is 119 Å². The highest BCUT2D eigenvalue weighted by Crippen LogP contribution is 2.23. The highest BCUT2D eigenvalue weighted by Gasteiger charge is 2.42. The molecule has 2 aliphatic rings. The molecule has 2 aliphatic heterocycles. The summed E-state index contributed by atoms with van der Waals surface area (Å²) in [6.45, 7) is -0.428. The van der Waals surface area contributed by atoms with Crippen LogP contribution in [0, 0.1) is 0 Å². The number of fused-ring (bicyclic) bond motifs is 2. The van der Waals surface area contributed by atoms with Gasteiger partial charge in [-0.25, -0.2) is 9.78 Å². The van der Waals surface area contributed by atoms with E-state index in [9.17, 15) is 113 Å². The van der Waals surface area contributed by atoms with E-state index in [0.29, 0.717) is 21.2 Å². The fraction of sp³-hybridized carbons (Fsp3) is 0.429. The van der Waals surface area contributed by atoms with E-state index < -0.39 is 250 Å². The third-order valence-electron chi connectivity index (χ3n) is 17.3. The first kappa shape index (κ1) is 87.5. The number of aliphatic hydroxyl groups is 7. The number of nitrogens with two attached hydrogens (primary N) is 2. The number of primary amides is 2. The number of imidazole rings is 1. The van der Waals surface area contributed by atoms with E-state index in [1.54, 1.807) is 79.7 Å². The maximum Gasteiger partial charge on any atom is 0.326 e. The topological polar surface area (TPSA) is 632 Å². The molecule has 0 radical (unpaired) electrons. The Hall–Kier alpha value is -11.4. The van der Waals surface area contributed by atoms with Gasteiger partial charge in [-0.05, 0) is 42.7 Å². The van der Waals surface area contributed by atoms with E-state index in [4.69, 9.17) is 11.5 Å². The van der Waals surface area contributed by atoms with E-state index in [2.05, 4.69) is 74.1 Å². The molecule has 17 atom stereocenters. The number of carbonyl (C=O) groups is 15. The van der Waals surface area contributed by atoms with E-state index >= 15 is 0 Å². The van der Waals surface area contributed by atoms with Crippen molar-refractivity contribution in [2.45, 2.75) is 169 Å². The van der Waals surface area contributed by atoms with Gasteiger partial charge in [0.2, 0.25) is 76.8 Å². The predicted octanol–water partition coefficient (Wildman–Crippen LogP) is -8.21. The fourth-order valence-electron chi connectivity index (χ4n) is 11.3. The van der Waals surface area contributed by atoms with Crippen molar-refractivity contribution in [1.82, 2.24) is 73.4 Å². The van der Waals surface area contributed by atoms with Gasteiger partial charge in [0.1, 0.15) is 66.5 Å². The first-order valence-corrected chi connectivity index (χ1v) is 35.1. The lowest BCUT2D eigenvalue weighted by Gasteiger charge is -2.30. The van der Waals surface area contributed by atoms with Gasteiger partial charge < -0.3 is 121 Å². The lowest BCUT2D eigenvalue weighted by Crippen LogP contribution is -2.64. The van der Waals surface area contributed by atoms with Crippen molar-refractivity contribution in [3.63, 3.8) is 0 Å². The molecule has 0 unspecified atom stereocenters. The number of nitrogens with zero attached hydrogens (tertiary/aromatic N) is 2. The molecule has 1 aromatic heterocycles. The van der Waals surface area contributed by atoms with Gasteiger partial charge in [-0.2, -0.15) is 0 Å². The van der Waals surface area contributed by atoms with Crippen molar-refractivity contribution in [3.8, 4) is 0 Å². The number of carboxylic acid groups (broad SMARTS) is 1. The van der Waals surface area contributed by atoms with Crippen LogP contribution >= 0.6 is 15.9 Å². The molecule has 0 spiro atoms. The van der Waals surface area contributed by atoms with Crippen molar-refractivity contribution >= 4 is 111 Å². The van der Waals surface area contributed by atoms with Gasteiger partial charge >= 0.3 is 5.97 Å². The number of nitrogens with one attached hydrogen (secondary N) is 12. The first-order chi connectivity index (χ1) is 52.0. The summed E-state index contributed by atoms with van der Waals surface area (Å²) in [4.78, 5) is 215. The number of β-amino-alcohol motifs (C(OH)–C–C–N with tert-alkyl or cyclic N) is 1. The van der Waals surface area contributed by atoms with Gasteiger partial charge in [-0.3, -0.25) is 67.1 Å². The number of rotatable bonds is 16. The number of aliphatic carboxylic acids is 1. The zero-order chi connectivity index (χ0) is 81.2. The number of amides is 14. The number of aromatic nitrogens is 2. The van der Waals surface area contributed by atoms with Gasteiger partial charge in [0, 0.05) is 42.3 Å². The van der Waals surface area contributed by atoms with Gasteiger partial charge in [0.15, 0.2) is 6.10 Å². The number of carboxylic acids is 1. The van der Waals surface area contributed by atoms with Crippen LogP contribution in [-0.2, 0) is 91.3 Å². The van der Waals surface area contributed by atoms with Crippen LogP contribution in [0.15, 0.2) is 120 Å². The third-order valence-corrected chi connectivity index (χ3v) is 17.9. The Morgan fingerprint density at radius 3 is 1.77 bits per heavy atom. The minimum atomic E-state index is -2.71. The molecule has 110 heavy (non-hydrogen) atoms. The Balaban J connectivity index is 1.51. The molecule has 24 N–H and O–H groups in total. The van der Waals surface area contributed by atoms with Crippen LogP contribution in [0.25, 0.3) is 6.08 Å². The molecule has 6 rings (SSSR count). The average molecular weight is 1600 g/mol. The summed E-state index contributed by atoms with van der Waals surface area (Å²) in [5, 5.41) is 115. The molecule has 3 aromatic carbocycles. The normalized spacial score (nSPS) is 26.2. The monoisotopic (exact) mass is 1600 g/mol. The van der Waals surface area contributed by atoms with Gasteiger partial charge in [0.05, 0.1) is 75.5 Å². The Morgan fingerprint density at radius 1 is 0.600 bits per heavy atom. The maximum atomic E-state index is 14.9. The lowest BCUT2D eigenvalue weighted by molar-refractivity contribution is -0.144. The molecule has 4 aromatic rings. The lowest BCUT2D eigenvalue weighted by atomic mass is 9.92. The highest BCUT2D eigenvalue weighted by molar-refractivity contribution is 9.10. The predicted molar refractivity (Wildman–Crippen MR) is 386 cm³/mol. The molecule has 594 valence electrons. The quantitative estimate of drug-likeness (QED) is 0.0463. The molecule has 0 fully saturated rings. The summed E-state index contributed by atoms with van der Waals surface area (Å²) in [6, 6.07) is 0.335. The van der Waals surface area contributed by atoms with Crippen molar-refractivity contribution < 1.29 is 113 Å². The largest absolute Gasteiger partial charge is 0.480 e. The zero-order valence-corrected chi connectivity index (χ0v) is 61.1. The van der Waals surface area contributed by atoms with Crippen molar-refractivity contribution in [3.05, 3.63) is 142 Å². The second-order valence-corrected chi connectivity index (χ2v) is 27.0. The summed E-state index contributed by atoms with van der Waals surface area (Å²) < 4.78 is 1.58. The molecule has 0 aliphatic carbocycles. The minimum absolute atomic E-state index is 0.229. The van der Waals surface area contributed by atoms with E-state index in [1.165, 1.54) is 37.3 Å². The Morgan fingerprint density at radius 2 is 1.15 bits per heavy atom. The second-order valence-electron chi connectivity index (χ2n) is 26.1. The summed E-state index contributed by atoms with van der Waals surface area (Å²) in [5.41, 5.74) is 12.6. The number of aliphatic hydroxyl groups excluding tert-OH is 7. The molecular weight excluding hydrogens is 1510 g/mol. The van der Waals surface area contributed by atoms with Crippen LogP contribution in [0.3, 0.4) is 0 Å². The SMILES string of the molecule is C/C(C=Cc1ccccc1)=C\[C@H](O)[C@@H]1CC(=O)N[C@@H](CO)C(=O)N[C@@H]2Cn3cnc(c3)C[C@H](NC(=O)C[C@H](O)C[C@@H](C(=O)O)NC(=O)[C@@H](O)CNC(=O)[C@H]([C@@H](C)c3ccc(Br)cc3)NC(=O)[C@H]([C@@H](O)C(N)=O)NC(=O)[C@H](CC(N)=O)NC2=O)C(=O)N[C@@H]([C@H](C)O)C(=O)N[C@@H](CO)C(=O)N[C@@H](Cc2ccccc2)C(=O)N1. The Bertz CT molecular complexity index is 4040. The fourth-order valence-corrected chi connectivity index (χ4v) is 11.6. The molecule has 3 heterocycles. The van der Waals surface area contributed by atoms with Crippen LogP contribution in [-0.4, -0.2) is 256 Å².